The fraction of sp³-hybridized carbons (Fsp3) is 0.273. The summed E-state index contributed by atoms with van der Waals surface area (Å²) in [6, 6.07) is 14.8. The maximum Gasteiger partial charge on any atom is 0.261 e. The summed E-state index contributed by atoms with van der Waals surface area (Å²) in [4.78, 5) is 31.3. The van der Waals surface area contributed by atoms with Gasteiger partial charge in [0.15, 0.2) is 5.82 Å². The lowest BCUT2D eigenvalue weighted by Crippen LogP contribution is -2.44. The fourth-order valence-electron chi connectivity index (χ4n) is 3.84. The standard InChI is InChI=1S/C22H20N4O3.ClH/c23-22(10-4-11-22)21-24-18(29-25-21)15-7-8-16-17(13-15)20(28)26(19(16)27)12-9-14-5-2-1-3-6-14;/h1-3,5-8,13H,4,9-12,23H2;1H. The van der Waals surface area contributed by atoms with Crippen LogP contribution >= 0.6 is 12.4 Å². The first kappa shape index (κ1) is 20.3. The van der Waals surface area contributed by atoms with Crippen LogP contribution in [0.15, 0.2) is 53.1 Å². The van der Waals surface area contributed by atoms with Gasteiger partial charge in [-0.3, -0.25) is 14.5 Å². The minimum atomic E-state index is -0.515. The zero-order chi connectivity index (χ0) is 20.0. The van der Waals surface area contributed by atoms with Gasteiger partial charge in [0.05, 0.1) is 16.7 Å². The van der Waals surface area contributed by atoms with Crippen LogP contribution in [0.1, 0.15) is 51.4 Å². The molecule has 0 saturated heterocycles. The third-order valence-electron chi connectivity index (χ3n) is 5.80. The van der Waals surface area contributed by atoms with E-state index in [4.69, 9.17) is 10.3 Å². The molecule has 0 spiro atoms. The van der Waals surface area contributed by atoms with Gasteiger partial charge in [-0.05, 0) is 49.4 Å². The Hall–Kier alpha value is -3.03. The summed E-state index contributed by atoms with van der Waals surface area (Å²) >= 11 is 0. The predicted molar refractivity (Wildman–Crippen MR) is 112 cm³/mol. The maximum atomic E-state index is 12.9. The van der Waals surface area contributed by atoms with Crippen molar-refractivity contribution in [3.8, 4) is 11.5 Å². The number of hydrogen-bond acceptors (Lipinski definition) is 6. The zero-order valence-electron chi connectivity index (χ0n) is 16.2. The van der Waals surface area contributed by atoms with Gasteiger partial charge in [-0.1, -0.05) is 35.5 Å². The Morgan fingerprint density at radius 1 is 1.03 bits per heavy atom. The fourth-order valence-corrected chi connectivity index (χ4v) is 3.84. The summed E-state index contributed by atoms with van der Waals surface area (Å²) in [6.45, 7) is 0.339. The molecular formula is C22H21ClN4O3. The number of fused-ring (bicyclic) bond motifs is 1. The monoisotopic (exact) mass is 424 g/mol. The first-order valence-electron chi connectivity index (χ1n) is 9.73. The lowest BCUT2D eigenvalue weighted by Gasteiger charge is -2.34. The van der Waals surface area contributed by atoms with Crippen molar-refractivity contribution >= 4 is 24.2 Å². The molecule has 30 heavy (non-hydrogen) atoms. The number of nitrogens with two attached hydrogens (primary N) is 1. The Labute approximate surface area is 179 Å². The molecule has 0 atom stereocenters. The Balaban J connectivity index is 0.00000218. The van der Waals surface area contributed by atoms with Crippen LogP contribution in [-0.2, 0) is 12.0 Å². The average Bonchev–Trinajstić information content (AvgIpc) is 3.30. The van der Waals surface area contributed by atoms with E-state index in [9.17, 15) is 9.59 Å². The van der Waals surface area contributed by atoms with Crippen molar-refractivity contribution in [3.05, 3.63) is 71.0 Å². The van der Waals surface area contributed by atoms with Crippen LogP contribution in [0, 0.1) is 0 Å². The summed E-state index contributed by atoms with van der Waals surface area (Å²) < 4.78 is 5.38. The van der Waals surface area contributed by atoms with Gasteiger partial charge in [-0.25, -0.2) is 0 Å². The van der Waals surface area contributed by atoms with Gasteiger partial charge < -0.3 is 10.3 Å². The van der Waals surface area contributed by atoms with E-state index in [1.165, 1.54) is 4.90 Å². The highest BCUT2D eigenvalue weighted by Gasteiger charge is 2.39. The van der Waals surface area contributed by atoms with E-state index < -0.39 is 5.54 Å². The van der Waals surface area contributed by atoms with Crippen LogP contribution in [0.4, 0.5) is 0 Å². The second-order valence-electron chi connectivity index (χ2n) is 7.69. The van der Waals surface area contributed by atoms with Crippen LogP contribution in [0.2, 0.25) is 0 Å². The Morgan fingerprint density at radius 3 is 2.47 bits per heavy atom. The normalized spacial score (nSPS) is 16.8. The molecule has 1 fully saturated rings. The van der Waals surface area contributed by atoms with Gasteiger partial charge in [0.2, 0.25) is 0 Å². The van der Waals surface area contributed by atoms with Crippen molar-refractivity contribution in [2.75, 3.05) is 6.54 Å². The number of nitrogens with zero attached hydrogens (tertiary/aromatic N) is 3. The van der Waals surface area contributed by atoms with Crippen molar-refractivity contribution in [3.63, 3.8) is 0 Å². The van der Waals surface area contributed by atoms with Crippen LogP contribution < -0.4 is 5.73 Å². The van der Waals surface area contributed by atoms with Gasteiger partial charge in [-0.2, -0.15) is 4.98 Å². The van der Waals surface area contributed by atoms with Crippen molar-refractivity contribution in [1.82, 2.24) is 15.0 Å². The molecule has 1 aliphatic heterocycles. The predicted octanol–water partition coefficient (Wildman–Crippen LogP) is 3.34. The number of rotatable bonds is 5. The number of carbonyl (C=O) groups is 2. The summed E-state index contributed by atoms with van der Waals surface area (Å²) in [6.07, 6.45) is 3.33. The number of benzene rings is 2. The third-order valence-corrected chi connectivity index (χ3v) is 5.80. The molecule has 154 valence electrons. The van der Waals surface area contributed by atoms with Crippen LogP contribution in [0.5, 0.6) is 0 Å². The van der Waals surface area contributed by atoms with E-state index in [2.05, 4.69) is 10.1 Å². The molecule has 2 aromatic carbocycles. The first-order chi connectivity index (χ1) is 14.0. The van der Waals surface area contributed by atoms with Gasteiger partial charge >= 0.3 is 0 Å². The number of amides is 2. The lowest BCUT2D eigenvalue weighted by molar-refractivity contribution is 0.0656. The molecule has 2 heterocycles. The highest BCUT2D eigenvalue weighted by molar-refractivity contribution is 6.21. The van der Waals surface area contributed by atoms with E-state index in [1.807, 2.05) is 30.3 Å². The smallest absolute Gasteiger partial charge is 0.261 e. The summed E-state index contributed by atoms with van der Waals surface area (Å²) in [5, 5.41) is 4.02. The highest BCUT2D eigenvalue weighted by atomic mass is 35.5. The molecule has 1 aliphatic carbocycles. The first-order valence-corrected chi connectivity index (χ1v) is 9.73. The van der Waals surface area contributed by atoms with Crippen LogP contribution in [0.25, 0.3) is 11.5 Å². The minimum absolute atomic E-state index is 0. The second kappa shape index (κ2) is 7.66. The van der Waals surface area contributed by atoms with E-state index >= 15 is 0 Å². The summed E-state index contributed by atoms with van der Waals surface area (Å²) in [5.41, 5.74) is 8.20. The Morgan fingerprint density at radius 2 is 1.77 bits per heavy atom. The molecule has 2 N–H and O–H groups in total. The molecule has 0 unspecified atom stereocenters. The van der Waals surface area contributed by atoms with E-state index in [0.29, 0.717) is 41.4 Å². The summed E-state index contributed by atoms with van der Waals surface area (Å²) in [5.74, 6) is 0.236. The molecule has 7 nitrogen and oxygen atoms in total. The van der Waals surface area contributed by atoms with E-state index in [1.54, 1.807) is 18.2 Å². The molecule has 3 aromatic rings. The van der Waals surface area contributed by atoms with Crippen molar-refractivity contribution in [2.24, 2.45) is 5.73 Å². The molecule has 1 saturated carbocycles. The van der Waals surface area contributed by atoms with E-state index in [0.717, 1.165) is 24.8 Å². The van der Waals surface area contributed by atoms with E-state index in [-0.39, 0.29) is 24.2 Å². The molecule has 0 radical (unpaired) electrons. The summed E-state index contributed by atoms with van der Waals surface area (Å²) in [7, 11) is 0. The van der Waals surface area contributed by atoms with Gasteiger partial charge in [-0.15, -0.1) is 12.4 Å². The van der Waals surface area contributed by atoms with Crippen LogP contribution in [0.3, 0.4) is 0 Å². The minimum Gasteiger partial charge on any atom is -0.334 e. The molecule has 1 aromatic heterocycles. The number of hydrogen-bond donors (Lipinski definition) is 1. The molecule has 8 heteroatoms. The third kappa shape index (κ3) is 3.30. The number of carbonyl (C=O) groups excluding carboxylic acids is 2. The Kier molecular flexibility index (Phi) is 5.17. The van der Waals surface area contributed by atoms with Crippen LogP contribution in [-0.4, -0.2) is 33.4 Å². The molecule has 5 rings (SSSR count). The van der Waals surface area contributed by atoms with Gasteiger partial charge in [0, 0.05) is 12.1 Å². The number of imide groups is 1. The molecule has 0 bridgehead atoms. The molecule has 2 aliphatic rings. The van der Waals surface area contributed by atoms with Gasteiger partial charge in [0.1, 0.15) is 0 Å². The Bertz CT molecular complexity index is 1110. The lowest BCUT2D eigenvalue weighted by atomic mass is 9.77. The topological polar surface area (TPSA) is 102 Å². The SMILES string of the molecule is Cl.NC1(c2noc(-c3ccc4c(c3)C(=O)N(CCc3ccccc3)C4=O)n2)CCC1. The van der Waals surface area contributed by atoms with Crippen molar-refractivity contribution in [2.45, 2.75) is 31.2 Å². The maximum absolute atomic E-state index is 12.9. The number of aromatic nitrogens is 2. The average molecular weight is 425 g/mol. The largest absolute Gasteiger partial charge is 0.334 e. The molecular weight excluding hydrogens is 404 g/mol. The van der Waals surface area contributed by atoms with Crippen molar-refractivity contribution in [1.29, 1.82) is 0 Å². The van der Waals surface area contributed by atoms with Gasteiger partial charge in [0.25, 0.3) is 17.7 Å². The highest BCUT2D eigenvalue weighted by Crippen LogP contribution is 2.38. The van der Waals surface area contributed by atoms with Crippen molar-refractivity contribution < 1.29 is 14.1 Å². The zero-order valence-corrected chi connectivity index (χ0v) is 17.0. The number of halogens is 1. The quantitative estimate of drug-likeness (QED) is 0.630. The second-order valence-corrected chi connectivity index (χ2v) is 7.69. The molecule has 2 amide bonds.